The number of thiol groups is 1. The zero-order valence-electron chi connectivity index (χ0n) is 12.6. The summed E-state index contributed by atoms with van der Waals surface area (Å²) < 4.78 is 9.56. The van der Waals surface area contributed by atoms with Crippen molar-refractivity contribution < 1.29 is 19.2 Å². The number of carbonyl (C=O) groups is 1. The number of rotatable bonds is 8. The molecule has 8 heteroatoms. The Morgan fingerprint density at radius 1 is 1.30 bits per heavy atom. The van der Waals surface area contributed by atoms with Crippen LogP contribution in [0.4, 0.5) is 0 Å². The van der Waals surface area contributed by atoms with E-state index in [1.807, 2.05) is 30.3 Å². The molecule has 1 aliphatic rings. The van der Waals surface area contributed by atoms with Crippen LogP contribution in [-0.4, -0.2) is 16.9 Å². The molecule has 1 fully saturated rings. The number of carbonyl (C=O) groups excluding carboxylic acids is 1. The molecule has 0 aromatic heterocycles. The Kier molecular flexibility index (Phi) is 7.73. The van der Waals surface area contributed by atoms with E-state index >= 15 is 0 Å². The van der Waals surface area contributed by atoms with Gasteiger partial charge in [0.15, 0.2) is 0 Å². The molecule has 1 aliphatic heterocycles. The fourth-order valence-electron chi connectivity index (χ4n) is 2.08. The smallest absolute Gasteiger partial charge is 0.243 e. The summed E-state index contributed by atoms with van der Waals surface area (Å²) in [7, 11) is 0. The summed E-state index contributed by atoms with van der Waals surface area (Å²) in [6.07, 6.45) is 6.03. The SMILES string of the molecule is O=C(CCCCCC[SH]1N/C(=C/c2ccccc2Br)OO1)NO. The summed E-state index contributed by atoms with van der Waals surface area (Å²) in [6, 6.07) is 7.89. The van der Waals surface area contributed by atoms with Crippen molar-refractivity contribution in [1.82, 2.24) is 10.2 Å². The predicted octanol–water partition coefficient (Wildman–Crippen LogP) is 3.59. The van der Waals surface area contributed by atoms with Gasteiger partial charge in [-0.1, -0.05) is 47.0 Å². The van der Waals surface area contributed by atoms with Crippen LogP contribution in [0.1, 0.15) is 37.7 Å². The summed E-state index contributed by atoms with van der Waals surface area (Å²) in [4.78, 5) is 16.1. The maximum Gasteiger partial charge on any atom is 0.243 e. The third-order valence-electron chi connectivity index (χ3n) is 3.28. The lowest BCUT2D eigenvalue weighted by Gasteiger charge is -2.09. The van der Waals surface area contributed by atoms with Gasteiger partial charge in [-0.05, 0) is 35.8 Å². The van der Waals surface area contributed by atoms with E-state index in [1.165, 1.54) is 0 Å². The monoisotopic (exact) mass is 404 g/mol. The zero-order valence-corrected chi connectivity index (χ0v) is 15.1. The van der Waals surface area contributed by atoms with E-state index in [2.05, 4.69) is 20.7 Å². The molecule has 0 bridgehead atoms. The van der Waals surface area contributed by atoms with Gasteiger partial charge in [0.1, 0.15) is 0 Å². The van der Waals surface area contributed by atoms with E-state index in [9.17, 15) is 4.79 Å². The second kappa shape index (κ2) is 9.82. The Morgan fingerprint density at radius 3 is 2.87 bits per heavy atom. The molecule has 6 nitrogen and oxygen atoms in total. The van der Waals surface area contributed by atoms with Crippen molar-refractivity contribution >= 4 is 39.3 Å². The first-order chi connectivity index (χ1) is 11.2. The largest absolute Gasteiger partial charge is 0.306 e. The van der Waals surface area contributed by atoms with E-state index in [-0.39, 0.29) is 5.91 Å². The first kappa shape index (κ1) is 18.1. The van der Waals surface area contributed by atoms with Crippen LogP contribution in [-0.2, 0) is 14.0 Å². The third-order valence-corrected chi connectivity index (χ3v) is 5.45. The van der Waals surface area contributed by atoms with Crippen LogP contribution in [0.3, 0.4) is 0 Å². The van der Waals surface area contributed by atoms with Crippen molar-refractivity contribution in [3.8, 4) is 0 Å². The standard InChI is InChI=1S/C15H21BrN2O4S/c16-13-8-5-4-7-12(13)11-15-18-23(22-21-15)10-6-2-1-3-9-14(19)17-20/h4-5,7-8,11,18,20,23H,1-3,6,9-10H2,(H,17,19)/b15-11-. The molecule has 1 heterocycles. The quantitative estimate of drug-likeness (QED) is 0.175. The molecule has 2 rings (SSSR count). The van der Waals surface area contributed by atoms with Crippen molar-refractivity contribution in [3.63, 3.8) is 0 Å². The minimum Gasteiger partial charge on any atom is -0.306 e. The number of hydrogen-bond acceptors (Lipinski definition) is 5. The van der Waals surface area contributed by atoms with Crippen LogP contribution >= 0.6 is 27.3 Å². The van der Waals surface area contributed by atoms with Gasteiger partial charge in [0.25, 0.3) is 0 Å². The average molecular weight is 405 g/mol. The first-order valence-corrected chi connectivity index (χ1v) is 9.71. The van der Waals surface area contributed by atoms with E-state index in [4.69, 9.17) is 14.4 Å². The second-order valence-electron chi connectivity index (χ2n) is 5.10. The Balaban J connectivity index is 1.64. The lowest BCUT2D eigenvalue weighted by atomic mass is 10.1. The molecule has 1 atom stereocenters. The van der Waals surface area contributed by atoms with E-state index in [0.717, 1.165) is 41.5 Å². The van der Waals surface area contributed by atoms with E-state index < -0.39 is 11.4 Å². The molecule has 0 radical (unpaired) electrons. The normalized spacial score (nSPS) is 20.1. The highest BCUT2D eigenvalue weighted by Gasteiger charge is 2.17. The summed E-state index contributed by atoms with van der Waals surface area (Å²) >= 11 is 2.69. The van der Waals surface area contributed by atoms with E-state index in [1.54, 1.807) is 5.48 Å². The van der Waals surface area contributed by atoms with Crippen molar-refractivity contribution in [2.75, 3.05) is 5.75 Å². The molecule has 128 valence electrons. The number of hydrogen-bond donors (Lipinski definition) is 4. The van der Waals surface area contributed by atoms with Crippen molar-refractivity contribution in [2.45, 2.75) is 32.1 Å². The number of halogens is 1. The molecule has 23 heavy (non-hydrogen) atoms. The summed E-state index contributed by atoms with van der Waals surface area (Å²) in [5.74, 6) is 1.20. The fourth-order valence-corrected chi connectivity index (χ4v) is 3.73. The molecule has 0 aliphatic carbocycles. The average Bonchev–Trinajstić information content (AvgIpc) is 3.00. The molecular formula is C15H21BrN2O4S. The highest BCUT2D eigenvalue weighted by atomic mass is 79.9. The molecule has 3 N–H and O–H groups in total. The molecular weight excluding hydrogens is 384 g/mol. The number of benzene rings is 1. The molecule has 1 aromatic carbocycles. The summed E-state index contributed by atoms with van der Waals surface area (Å²) in [5.41, 5.74) is 2.66. The number of unbranched alkanes of at least 4 members (excludes halogenated alkanes) is 3. The highest BCUT2D eigenvalue weighted by molar-refractivity contribution is 9.10. The van der Waals surface area contributed by atoms with Crippen LogP contribution in [0.2, 0.25) is 0 Å². The van der Waals surface area contributed by atoms with Crippen LogP contribution in [0, 0.1) is 0 Å². The zero-order chi connectivity index (χ0) is 16.5. The number of nitrogens with one attached hydrogen (secondary N) is 2. The number of amides is 1. The van der Waals surface area contributed by atoms with Gasteiger partial charge in [-0.3, -0.25) is 14.7 Å². The Bertz CT molecular complexity index is 556. The molecule has 1 aromatic rings. The molecule has 1 unspecified atom stereocenters. The first-order valence-electron chi connectivity index (χ1n) is 7.47. The van der Waals surface area contributed by atoms with Crippen LogP contribution in [0.5, 0.6) is 0 Å². The van der Waals surface area contributed by atoms with Crippen LogP contribution in [0.15, 0.2) is 34.6 Å². The molecule has 0 spiro atoms. The topological polar surface area (TPSA) is 79.8 Å². The van der Waals surface area contributed by atoms with Gasteiger partial charge in [0.2, 0.25) is 11.8 Å². The van der Waals surface area contributed by atoms with Gasteiger partial charge < -0.3 is 4.89 Å². The van der Waals surface area contributed by atoms with E-state index in [0.29, 0.717) is 12.3 Å². The lowest BCUT2D eigenvalue weighted by Crippen LogP contribution is -2.17. The van der Waals surface area contributed by atoms with Gasteiger partial charge in [0, 0.05) is 22.7 Å². The Labute approximate surface area is 146 Å². The Hall–Kier alpha value is -1.22. The highest BCUT2D eigenvalue weighted by Crippen LogP contribution is 2.34. The fraction of sp³-hybridized carbons (Fsp3) is 0.400. The van der Waals surface area contributed by atoms with Gasteiger partial charge in [-0.15, -0.1) is 4.33 Å². The van der Waals surface area contributed by atoms with Crippen molar-refractivity contribution in [3.05, 3.63) is 40.2 Å². The second-order valence-corrected chi connectivity index (χ2v) is 7.53. The summed E-state index contributed by atoms with van der Waals surface area (Å²) in [5, 5.41) is 8.38. The maximum absolute atomic E-state index is 10.8. The maximum atomic E-state index is 10.8. The van der Waals surface area contributed by atoms with Gasteiger partial charge >= 0.3 is 0 Å². The summed E-state index contributed by atoms with van der Waals surface area (Å²) in [6.45, 7) is 0. The van der Waals surface area contributed by atoms with Gasteiger partial charge in [-0.2, -0.15) is 0 Å². The lowest BCUT2D eigenvalue weighted by molar-refractivity contribution is -0.135. The van der Waals surface area contributed by atoms with Gasteiger partial charge in [0.05, 0.1) is 0 Å². The predicted molar refractivity (Wildman–Crippen MR) is 94.3 cm³/mol. The van der Waals surface area contributed by atoms with Crippen molar-refractivity contribution in [2.24, 2.45) is 0 Å². The van der Waals surface area contributed by atoms with Crippen LogP contribution in [0.25, 0.3) is 6.08 Å². The minimum absolute atomic E-state index is 0.328. The van der Waals surface area contributed by atoms with Crippen LogP contribution < -0.4 is 10.2 Å². The molecule has 1 saturated heterocycles. The molecule has 1 amide bonds. The van der Waals surface area contributed by atoms with Crippen molar-refractivity contribution in [1.29, 1.82) is 0 Å². The minimum atomic E-state index is -0.802. The number of hydroxylamine groups is 1. The molecule has 0 saturated carbocycles. The van der Waals surface area contributed by atoms with Gasteiger partial charge in [-0.25, -0.2) is 5.48 Å². The third kappa shape index (κ3) is 6.42. The Morgan fingerprint density at radius 2 is 2.09 bits per heavy atom.